The molecule has 2 amide bonds. The highest BCUT2D eigenvalue weighted by atomic mass is 16.2. The second-order valence-electron chi connectivity index (χ2n) is 2.85. The molecule has 0 saturated carbocycles. The largest absolute Gasteiger partial charge is 0.351 e. The van der Waals surface area contributed by atoms with Gasteiger partial charge in [0.2, 0.25) is 5.95 Å². The first-order chi connectivity index (χ1) is 7.27. The number of carbonyl (C=O) groups is 1. The zero-order valence-corrected chi connectivity index (χ0v) is 7.79. The lowest BCUT2D eigenvalue weighted by Gasteiger charge is -2.05. The molecule has 1 heterocycles. The summed E-state index contributed by atoms with van der Waals surface area (Å²) in [7, 11) is 0. The van der Waals surface area contributed by atoms with Crippen LogP contribution in [-0.4, -0.2) is 20.8 Å². The number of hydrogen-bond donors (Lipinski definition) is 2. The summed E-state index contributed by atoms with van der Waals surface area (Å²) in [5.74, 6) is 0.300. The lowest BCUT2D eigenvalue weighted by molar-refractivity contribution is 0.259. The van der Waals surface area contributed by atoms with E-state index >= 15 is 0 Å². The van der Waals surface area contributed by atoms with E-state index in [0.717, 1.165) is 5.69 Å². The summed E-state index contributed by atoms with van der Waals surface area (Å²) in [6.45, 7) is 0. The summed E-state index contributed by atoms with van der Waals surface area (Å²) in [5.41, 5.74) is 5.85. The Balaban J connectivity index is 2.37. The predicted octanol–water partition coefficient (Wildman–Crippen LogP) is 0.758. The third-order valence-electron chi connectivity index (χ3n) is 1.82. The predicted molar refractivity (Wildman–Crippen MR) is 54.6 cm³/mol. The quantitative estimate of drug-likeness (QED) is 0.755. The molecular weight excluding hydrogens is 194 g/mol. The van der Waals surface area contributed by atoms with Crippen molar-refractivity contribution in [1.29, 1.82) is 0 Å². The molecule has 6 heteroatoms. The second-order valence-corrected chi connectivity index (χ2v) is 2.85. The molecule has 2 aromatic rings. The number of hydrogen-bond acceptors (Lipinski definition) is 3. The second kappa shape index (κ2) is 3.79. The van der Waals surface area contributed by atoms with E-state index < -0.39 is 6.03 Å². The highest BCUT2D eigenvalue weighted by Gasteiger charge is 2.06. The van der Waals surface area contributed by atoms with Gasteiger partial charge in [0.1, 0.15) is 6.33 Å². The molecule has 6 nitrogen and oxygen atoms in total. The molecule has 76 valence electrons. The third-order valence-corrected chi connectivity index (χ3v) is 1.82. The Kier molecular flexibility index (Phi) is 2.32. The normalized spacial score (nSPS) is 9.87. The Morgan fingerprint density at radius 2 is 2.07 bits per heavy atom. The van der Waals surface area contributed by atoms with Crippen LogP contribution in [0.2, 0.25) is 0 Å². The summed E-state index contributed by atoms with van der Waals surface area (Å²) in [4.78, 5) is 10.7. The van der Waals surface area contributed by atoms with Crippen LogP contribution in [0.25, 0.3) is 5.69 Å². The van der Waals surface area contributed by atoms with Gasteiger partial charge in [0.25, 0.3) is 0 Å². The number of amides is 2. The Morgan fingerprint density at radius 3 is 2.73 bits per heavy atom. The lowest BCUT2D eigenvalue weighted by atomic mass is 10.3. The van der Waals surface area contributed by atoms with Crippen LogP contribution in [0.15, 0.2) is 36.7 Å². The van der Waals surface area contributed by atoms with Crippen molar-refractivity contribution in [3.63, 3.8) is 0 Å². The number of aromatic nitrogens is 3. The zero-order valence-electron chi connectivity index (χ0n) is 7.79. The van der Waals surface area contributed by atoms with E-state index in [1.165, 1.54) is 6.33 Å². The smallest absolute Gasteiger partial charge is 0.319 e. The first-order valence-electron chi connectivity index (χ1n) is 4.29. The van der Waals surface area contributed by atoms with E-state index in [0.29, 0.717) is 5.95 Å². The van der Waals surface area contributed by atoms with Crippen LogP contribution in [0.5, 0.6) is 0 Å². The maximum absolute atomic E-state index is 10.7. The van der Waals surface area contributed by atoms with Crippen LogP contribution in [0.4, 0.5) is 10.7 Å². The van der Waals surface area contributed by atoms with Crippen molar-refractivity contribution in [2.24, 2.45) is 5.73 Å². The molecule has 0 radical (unpaired) electrons. The number of nitrogens with one attached hydrogen (secondary N) is 1. The van der Waals surface area contributed by atoms with Crippen molar-refractivity contribution in [3.8, 4) is 5.69 Å². The van der Waals surface area contributed by atoms with Crippen molar-refractivity contribution in [3.05, 3.63) is 36.7 Å². The number of urea groups is 1. The standard InChI is InChI=1S/C9H9N5O/c10-8(15)12-9-13-11-6-14(9)7-4-2-1-3-5-7/h1-6H,(H3,10,12,13,15). The number of nitrogens with zero attached hydrogens (tertiary/aromatic N) is 3. The maximum Gasteiger partial charge on any atom is 0.319 e. The van der Waals surface area contributed by atoms with Crippen molar-refractivity contribution in [2.45, 2.75) is 0 Å². The first kappa shape index (κ1) is 9.20. The summed E-state index contributed by atoms with van der Waals surface area (Å²) in [6.07, 6.45) is 1.50. The highest BCUT2D eigenvalue weighted by Crippen LogP contribution is 2.11. The van der Waals surface area contributed by atoms with E-state index in [1.54, 1.807) is 4.57 Å². The molecule has 3 N–H and O–H groups in total. The number of carbonyl (C=O) groups excluding carboxylic acids is 1. The molecule has 1 aromatic heterocycles. The molecule has 0 unspecified atom stereocenters. The molecule has 0 aliphatic heterocycles. The van der Waals surface area contributed by atoms with Gasteiger partial charge in [-0.05, 0) is 12.1 Å². The van der Waals surface area contributed by atoms with Crippen molar-refractivity contribution < 1.29 is 4.79 Å². The summed E-state index contributed by atoms with van der Waals surface area (Å²) in [5, 5.41) is 9.81. The fourth-order valence-corrected chi connectivity index (χ4v) is 1.21. The van der Waals surface area contributed by atoms with Gasteiger partial charge in [-0.1, -0.05) is 18.2 Å². The lowest BCUT2D eigenvalue weighted by Crippen LogP contribution is -2.21. The molecule has 1 aromatic carbocycles. The van der Waals surface area contributed by atoms with Gasteiger partial charge < -0.3 is 5.73 Å². The fraction of sp³-hybridized carbons (Fsp3) is 0. The summed E-state index contributed by atoms with van der Waals surface area (Å²) >= 11 is 0. The Hall–Kier alpha value is -2.37. The topological polar surface area (TPSA) is 85.8 Å². The van der Waals surface area contributed by atoms with Crippen molar-refractivity contribution >= 4 is 12.0 Å². The molecule has 0 fully saturated rings. The van der Waals surface area contributed by atoms with Crippen LogP contribution >= 0.6 is 0 Å². The van der Waals surface area contributed by atoms with E-state index in [2.05, 4.69) is 15.5 Å². The third kappa shape index (κ3) is 1.93. The van der Waals surface area contributed by atoms with Gasteiger partial charge >= 0.3 is 6.03 Å². The molecule has 0 aliphatic carbocycles. The van der Waals surface area contributed by atoms with Gasteiger partial charge in [-0.2, -0.15) is 0 Å². The number of nitrogens with two attached hydrogens (primary N) is 1. The van der Waals surface area contributed by atoms with Crippen molar-refractivity contribution in [1.82, 2.24) is 14.8 Å². The molecule has 0 spiro atoms. The summed E-state index contributed by atoms with van der Waals surface area (Å²) in [6, 6.07) is 8.73. The van der Waals surface area contributed by atoms with Crippen LogP contribution in [0.3, 0.4) is 0 Å². The number of benzene rings is 1. The molecule has 0 bridgehead atoms. The SMILES string of the molecule is NC(=O)Nc1nncn1-c1ccccc1. The van der Waals surface area contributed by atoms with Crippen LogP contribution in [0, 0.1) is 0 Å². The molecular formula is C9H9N5O. The Morgan fingerprint density at radius 1 is 1.33 bits per heavy atom. The van der Waals surface area contributed by atoms with Crippen molar-refractivity contribution in [2.75, 3.05) is 5.32 Å². The van der Waals surface area contributed by atoms with E-state index in [9.17, 15) is 4.79 Å². The monoisotopic (exact) mass is 203 g/mol. The van der Waals surface area contributed by atoms with E-state index in [4.69, 9.17) is 5.73 Å². The molecule has 2 rings (SSSR count). The van der Waals surface area contributed by atoms with Crippen LogP contribution in [-0.2, 0) is 0 Å². The van der Waals surface area contributed by atoms with Crippen LogP contribution < -0.4 is 11.1 Å². The van der Waals surface area contributed by atoms with E-state index in [-0.39, 0.29) is 0 Å². The number of anilines is 1. The number of para-hydroxylation sites is 1. The molecule has 15 heavy (non-hydrogen) atoms. The Bertz CT molecular complexity index is 464. The number of rotatable bonds is 2. The molecule has 0 aliphatic rings. The van der Waals surface area contributed by atoms with Crippen LogP contribution in [0.1, 0.15) is 0 Å². The molecule has 0 saturated heterocycles. The van der Waals surface area contributed by atoms with E-state index in [1.807, 2.05) is 30.3 Å². The number of primary amides is 1. The average molecular weight is 203 g/mol. The molecule has 0 atom stereocenters. The Labute approximate surface area is 85.7 Å². The first-order valence-corrected chi connectivity index (χ1v) is 4.29. The van der Waals surface area contributed by atoms with Gasteiger partial charge in [-0.15, -0.1) is 10.2 Å². The maximum atomic E-state index is 10.7. The van der Waals surface area contributed by atoms with Gasteiger partial charge in [0, 0.05) is 0 Å². The van der Waals surface area contributed by atoms with Gasteiger partial charge in [-0.25, -0.2) is 4.79 Å². The fourth-order valence-electron chi connectivity index (χ4n) is 1.21. The van der Waals surface area contributed by atoms with Gasteiger partial charge in [0.15, 0.2) is 0 Å². The zero-order chi connectivity index (χ0) is 10.7. The minimum Gasteiger partial charge on any atom is -0.351 e. The van der Waals surface area contributed by atoms with Gasteiger partial charge in [0.05, 0.1) is 5.69 Å². The minimum absolute atomic E-state index is 0.300. The minimum atomic E-state index is -0.666. The summed E-state index contributed by atoms with van der Waals surface area (Å²) < 4.78 is 1.63. The average Bonchev–Trinajstić information content (AvgIpc) is 2.66. The van der Waals surface area contributed by atoms with Gasteiger partial charge in [-0.3, -0.25) is 9.88 Å². The highest BCUT2D eigenvalue weighted by molar-refractivity contribution is 5.86.